The fourth-order valence-corrected chi connectivity index (χ4v) is 8.49. The second kappa shape index (κ2) is 10.6. The van der Waals surface area contributed by atoms with Crippen LogP contribution in [-0.2, 0) is 4.79 Å². The highest BCUT2D eigenvalue weighted by molar-refractivity contribution is 8.77. The average Bonchev–Trinajstić information content (AvgIpc) is 3.16. The zero-order valence-electron chi connectivity index (χ0n) is 13.4. The lowest BCUT2D eigenvalue weighted by Crippen LogP contribution is -2.24. The molecule has 2 aliphatic heterocycles. The number of carbonyl (C=O) groups excluding carboxylic acids is 1. The molecule has 0 radical (unpaired) electrons. The number of nitrogens with zero attached hydrogens (tertiary/aromatic N) is 1. The molecule has 0 aromatic rings. The Balaban J connectivity index is 1.52. The van der Waals surface area contributed by atoms with E-state index in [1.165, 1.54) is 36.3 Å². The Labute approximate surface area is 151 Å². The van der Waals surface area contributed by atoms with E-state index >= 15 is 0 Å². The third-order valence-corrected chi connectivity index (χ3v) is 9.92. The number of rotatable bonds is 10. The highest BCUT2D eigenvalue weighted by Crippen LogP contribution is 2.40. The zero-order chi connectivity index (χ0) is 15.8. The van der Waals surface area contributed by atoms with E-state index in [-0.39, 0.29) is 0 Å². The van der Waals surface area contributed by atoms with Crippen LogP contribution < -0.4 is 0 Å². The predicted molar refractivity (Wildman–Crippen MR) is 107 cm³/mol. The van der Waals surface area contributed by atoms with Crippen LogP contribution in [0.2, 0.25) is 0 Å². The summed E-state index contributed by atoms with van der Waals surface area (Å²) in [6.45, 7) is 6.16. The van der Waals surface area contributed by atoms with Crippen LogP contribution >= 0.6 is 43.2 Å². The number of hydrogen-bond acceptors (Lipinski definition) is 6. The van der Waals surface area contributed by atoms with Gasteiger partial charge in [-0.1, -0.05) is 55.3 Å². The van der Waals surface area contributed by atoms with Gasteiger partial charge in [0.15, 0.2) is 0 Å². The topological polar surface area (TPSA) is 20.3 Å². The normalized spacial score (nSPS) is 25.0. The molecule has 2 unspecified atom stereocenters. The van der Waals surface area contributed by atoms with Gasteiger partial charge in [-0.15, -0.1) is 0 Å². The van der Waals surface area contributed by atoms with Crippen LogP contribution in [-0.4, -0.2) is 52.8 Å². The Morgan fingerprint density at radius 2 is 1.64 bits per heavy atom. The van der Waals surface area contributed by atoms with Crippen LogP contribution in [0.25, 0.3) is 0 Å². The van der Waals surface area contributed by atoms with Gasteiger partial charge in [0.05, 0.1) is 0 Å². The Hall–Kier alpha value is 0.770. The second-order valence-corrected chi connectivity index (χ2v) is 11.7. The number of Topliss-reactive ketones (excluding diaryl/α,β-unsaturated/α-hetero) is 1. The summed E-state index contributed by atoms with van der Waals surface area (Å²) in [5.74, 6) is 2.94. The number of hydrogen-bond donors (Lipinski definition) is 0. The fraction of sp³-hybridized carbons (Fsp3) is 0.812. The molecule has 2 atom stereocenters. The Bertz CT molecular complexity index is 331. The lowest BCUT2D eigenvalue weighted by molar-refractivity contribution is -0.119. The molecule has 2 aliphatic rings. The first-order valence-corrected chi connectivity index (χ1v) is 12.8. The molecule has 2 rings (SSSR count). The molecular weight excluding hydrogens is 350 g/mol. The summed E-state index contributed by atoms with van der Waals surface area (Å²) in [6.07, 6.45) is 6.25. The van der Waals surface area contributed by atoms with Gasteiger partial charge in [0, 0.05) is 47.9 Å². The molecule has 0 spiro atoms. The molecule has 2 nitrogen and oxygen atoms in total. The minimum atomic E-state index is 0.435. The zero-order valence-corrected chi connectivity index (χ0v) is 16.7. The van der Waals surface area contributed by atoms with Gasteiger partial charge in [-0.25, -0.2) is 0 Å². The van der Waals surface area contributed by atoms with Crippen molar-refractivity contribution in [1.29, 1.82) is 0 Å². The summed E-state index contributed by atoms with van der Waals surface area (Å²) >= 11 is 0. The molecule has 22 heavy (non-hydrogen) atoms. The quantitative estimate of drug-likeness (QED) is 0.395. The first-order chi connectivity index (χ1) is 10.6. The Kier molecular flexibility index (Phi) is 9.20. The largest absolute Gasteiger partial charge is 0.306 e. The van der Waals surface area contributed by atoms with Crippen molar-refractivity contribution >= 4 is 49.0 Å². The van der Waals surface area contributed by atoms with E-state index in [0.29, 0.717) is 17.5 Å². The van der Waals surface area contributed by atoms with Crippen molar-refractivity contribution in [2.75, 3.05) is 31.6 Å². The van der Waals surface area contributed by atoms with Gasteiger partial charge in [0.25, 0.3) is 0 Å². The smallest absolute Gasteiger partial charge is 0.135 e. The molecule has 0 aromatic carbocycles. The van der Waals surface area contributed by atoms with Crippen molar-refractivity contribution in [3.8, 4) is 0 Å². The molecule has 2 heterocycles. The first-order valence-electron chi connectivity index (χ1n) is 8.07. The maximum Gasteiger partial charge on any atom is 0.135 e. The van der Waals surface area contributed by atoms with Crippen LogP contribution in [0.4, 0.5) is 0 Å². The minimum Gasteiger partial charge on any atom is -0.306 e. The average molecular weight is 378 g/mol. The van der Waals surface area contributed by atoms with E-state index in [1.54, 1.807) is 0 Å². The molecule has 0 N–H and O–H groups in total. The molecule has 0 bridgehead atoms. The van der Waals surface area contributed by atoms with Crippen molar-refractivity contribution in [2.24, 2.45) is 0 Å². The SMILES string of the molecule is C=C(CCN(C)CCC(=O)CC1CCSS1)CC1CCSS1. The van der Waals surface area contributed by atoms with Gasteiger partial charge >= 0.3 is 0 Å². The number of carbonyl (C=O) groups is 1. The van der Waals surface area contributed by atoms with Gasteiger partial charge in [0.1, 0.15) is 5.78 Å². The van der Waals surface area contributed by atoms with Crippen LogP contribution in [0.5, 0.6) is 0 Å². The maximum absolute atomic E-state index is 12.0. The Morgan fingerprint density at radius 3 is 2.23 bits per heavy atom. The van der Waals surface area contributed by atoms with Crippen molar-refractivity contribution in [3.05, 3.63) is 12.2 Å². The van der Waals surface area contributed by atoms with Crippen molar-refractivity contribution < 1.29 is 4.79 Å². The van der Waals surface area contributed by atoms with E-state index < -0.39 is 0 Å². The molecule has 2 fully saturated rings. The van der Waals surface area contributed by atoms with Crippen LogP contribution in [0.3, 0.4) is 0 Å². The van der Waals surface area contributed by atoms with Gasteiger partial charge in [-0.3, -0.25) is 4.79 Å². The molecule has 0 amide bonds. The highest BCUT2D eigenvalue weighted by atomic mass is 33.1. The first kappa shape index (κ1) is 19.1. The fourth-order valence-electron chi connectivity index (χ4n) is 2.57. The molecule has 126 valence electrons. The van der Waals surface area contributed by atoms with E-state index in [2.05, 4.69) is 18.5 Å². The van der Waals surface area contributed by atoms with Crippen LogP contribution in [0.15, 0.2) is 12.2 Å². The van der Waals surface area contributed by atoms with Crippen molar-refractivity contribution in [2.45, 2.75) is 49.0 Å². The van der Waals surface area contributed by atoms with Gasteiger partial charge in [-0.2, -0.15) is 0 Å². The lowest BCUT2D eigenvalue weighted by atomic mass is 10.1. The standard InChI is InChI=1S/C16H27NOS4/c1-13(11-15-5-9-19-21-15)3-7-17(2)8-4-14(18)12-16-6-10-20-22-16/h15-16H,1,3-12H2,2H3. The number of ketones is 1. The predicted octanol–water partition coefficient (Wildman–Crippen LogP) is 4.91. The molecule has 0 saturated carbocycles. The highest BCUT2D eigenvalue weighted by Gasteiger charge is 2.20. The molecule has 6 heteroatoms. The monoisotopic (exact) mass is 377 g/mol. The second-order valence-electron chi connectivity index (χ2n) is 6.16. The summed E-state index contributed by atoms with van der Waals surface area (Å²) in [6, 6.07) is 0. The van der Waals surface area contributed by atoms with E-state index in [9.17, 15) is 4.79 Å². The molecular formula is C16H27NOS4. The lowest BCUT2D eigenvalue weighted by Gasteiger charge is -2.18. The van der Waals surface area contributed by atoms with Crippen molar-refractivity contribution in [3.63, 3.8) is 0 Å². The summed E-state index contributed by atoms with van der Waals surface area (Å²) in [4.78, 5) is 14.3. The van der Waals surface area contributed by atoms with E-state index in [0.717, 1.165) is 31.2 Å². The van der Waals surface area contributed by atoms with E-state index in [4.69, 9.17) is 0 Å². The summed E-state index contributed by atoms with van der Waals surface area (Å²) in [5.41, 5.74) is 1.37. The summed E-state index contributed by atoms with van der Waals surface area (Å²) in [5, 5.41) is 1.36. The summed E-state index contributed by atoms with van der Waals surface area (Å²) in [7, 11) is 9.97. The third-order valence-electron chi connectivity index (χ3n) is 4.05. The maximum atomic E-state index is 12.0. The molecule has 2 saturated heterocycles. The van der Waals surface area contributed by atoms with E-state index in [1.807, 2.05) is 43.2 Å². The van der Waals surface area contributed by atoms with Crippen molar-refractivity contribution in [1.82, 2.24) is 4.90 Å². The van der Waals surface area contributed by atoms with Gasteiger partial charge in [0.2, 0.25) is 0 Å². The summed E-state index contributed by atoms with van der Waals surface area (Å²) < 4.78 is 0. The van der Waals surface area contributed by atoms with Gasteiger partial charge in [-0.05, 0) is 32.7 Å². The molecule has 0 aromatic heterocycles. The van der Waals surface area contributed by atoms with Gasteiger partial charge < -0.3 is 4.90 Å². The molecule has 0 aliphatic carbocycles. The Morgan fingerprint density at radius 1 is 1.05 bits per heavy atom. The van der Waals surface area contributed by atoms with Crippen LogP contribution in [0.1, 0.15) is 38.5 Å². The third kappa shape index (κ3) is 7.56. The van der Waals surface area contributed by atoms with Crippen LogP contribution in [0, 0.1) is 0 Å². The minimum absolute atomic E-state index is 0.435.